The fourth-order valence-electron chi connectivity index (χ4n) is 2.31. The predicted molar refractivity (Wildman–Crippen MR) is 78.8 cm³/mol. The van der Waals surface area contributed by atoms with E-state index in [0.29, 0.717) is 0 Å². The minimum absolute atomic E-state index is 0.236. The molecule has 2 atom stereocenters. The molecule has 1 aliphatic rings. The second-order valence-electron chi connectivity index (χ2n) is 6.31. The molecule has 0 saturated heterocycles. The van der Waals surface area contributed by atoms with Crippen molar-refractivity contribution in [2.75, 3.05) is 6.54 Å². The van der Waals surface area contributed by atoms with Gasteiger partial charge in [0.05, 0.1) is 0 Å². The maximum absolute atomic E-state index is 3.51. The van der Waals surface area contributed by atoms with Gasteiger partial charge in [0.15, 0.2) is 0 Å². The molecule has 0 aliphatic heterocycles. The Kier molecular flexibility index (Phi) is 4.23. The molecule has 0 radical (unpaired) electrons. The molecule has 0 bridgehead atoms. The van der Waals surface area contributed by atoms with E-state index in [9.17, 15) is 0 Å². The van der Waals surface area contributed by atoms with E-state index in [2.05, 4.69) is 68.6 Å². The first-order valence-corrected chi connectivity index (χ1v) is 7.03. The van der Waals surface area contributed by atoms with Crippen molar-refractivity contribution in [2.45, 2.75) is 45.1 Å². The van der Waals surface area contributed by atoms with Gasteiger partial charge in [-0.15, -0.1) is 0 Å². The first-order chi connectivity index (χ1) is 8.56. The van der Waals surface area contributed by atoms with Gasteiger partial charge < -0.3 is 5.32 Å². The third-order valence-corrected chi connectivity index (χ3v) is 3.42. The molecule has 18 heavy (non-hydrogen) atoms. The van der Waals surface area contributed by atoms with E-state index in [0.717, 1.165) is 24.8 Å². The summed E-state index contributed by atoms with van der Waals surface area (Å²) in [6.07, 6.45) is 7.21. The molecule has 1 aromatic rings. The molecular formula is C17H25N. The molecule has 2 unspecified atom stereocenters. The van der Waals surface area contributed by atoms with Crippen molar-refractivity contribution in [2.24, 2.45) is 5.92 Å². The van der Waals surface area contributed by atoms with Crippen LogP contribution in [0.25, 0.3) is 0 Å². The molecule has 98 valence electrons. The summed E-state index contributed by atoms with van der Waals surface area (Å²) in [6.45, 7) is 7.71. The van der Waals surface area contributed by atoms with Gasteiger partial charge in [0.1, 0.15) is 0 Å². The fraction of sp³-hybridized carbons (Fsp3) is 0.529. The molecule has 1 aromatic carbocycles. The maximum Gasteiger partial charge on any atom is 0.00966 e. The lowest BCUT2D eigenvalue weighted by atomic mass is 10.1. The Balaban J connectivity index is 1.67. The van der Waals surface area contributed by atoms with Crippen LogP contribution in [0.15, 0.2) is 42.5 Å². The van der Waals surface area contributed by atoms with Crippen LogP contribution in [0.2, 0.25) is 0 Å². The first kappa shape index (κ1) is 13.4. The van der Waals surface area contributed by atoms with Crippen LogP contribution in [0, 0.1) is 5.92 Å². The van der Waals surface area contributed by atoms with Crippen molar-refractivity contribution in [1.29, 1.82) is 0 Å². The molecule has 0 amide bonds. The summed E-state index contributed by atoms with van der Waals surface area (Å²) in [7, 11) is 0. The smallest absolute Gasteiger partial charge is 0.00966 e. The molecule has 0 spiro atoms. The fourth-order valence-corrected chi connectivity index (χ4v) is 2.31. The van der Waals surface area contributed by atoms with Crippen molar-refractivity contribution in [1.82, 2.24) is 5.32 Å². The molecule has 1 heteroatoms. The van der Waals surface area contributed by atoms with Crippen molar-refractivity contribution in [3.63, 3.8) is 0 Å². The van der Waals surface area contributed by atoms with Crippen LogP contribution in [-0.4, -0.2) is 12.1 Å². The van der Waals surface area contributed by atoms with Gasteiger partial charge >= 0.3 is 0 Å². The molecular weight excluding hydrogens is 218 g/mol. The van der Waals surface area contributed by atoms with Gasteiger partial charge in [0.2, 0.25) is 0 Å². The number of hydrogen-bond donors (Lipinski definition) is 1. The molecule has 1 N–H and O–H groups in total. The van der Waals surface area contributed by atoms with Crippen molar-refractivity contribution >= 4 is 0 Å². The lowest BCUT2D eigenvalue weighted by Gasteiger charge is -2.19. The first-order valence-electron chi connectivity index (χ1n) is 7.03. The highest BCUT2D eigenvalue weighted by Gasteiger charge is 2.35. The Morgan fingerprint density at radius 3 is 2.61 bits per heavy atom. The number of hydrogen-bond acceptors (Lipinski definition) is 1. The van der Waals surface area contributed by atoms with E-state index in [1.54, 1.807) is 0 Å². The minimum Gasteiger partial charge on any atom is -0.312 e. The summed E-state index contributed by atoms with van der Waals surface area (Å²) in [5, 5.41) is 3.51. The summed E-state index contributed by atoms with van der Waals surface area (Å²) in [5.74, 6) is 1.56. The highest BCUT2D eigenvalue weighted by Crippen LogP contribution is 2.48. The van der Waals surface area contributed by atoms with E-state index >= 15 is 0 Å². The number of nitrogens with one attached hydrogen (secondary N) is 1. The van der Waals surface area contributed by atoms with Crippen LogP contribution in [0.1, 0.15) is 45.1 Å². The highest BCUT2D eigenvalue weighted by atomic mass is 14.9. The van der Waals surface area contributed by atoms with Crippen molar-refractivity contribution in [3.05, 3.63) is 48.0 Å². The van der Waals surface area contributed by atoms with Gasteiger partial charge in [-0.25, -0.2) is 0 Å². The van der Waals surface area contributed by atoms with Crippen molar-refractivity contribution < 1.29 is 0 Å². The average molecular weight is 243 g/mol. The van der Waals surface area contributed by atoms with Crippen molar-refractivity contribution in [3.8, 4) is 0 Å². The molecule has 1 fully saturated rings. The lowest BCUT2D eigenvalue weighted by molar-refractivity contribution is 0.431. The zero-order valence-corrected chi connectivity index (χ0v) is 11.8. The molecule has 0 aromatic heterocycles. The number of benzene rings is 1. The van der Waals surface area contributed by atoms with Gasteiger partial charge in [-0.2, -0.15) is 0 Å². The van der Waals surface area contributed by atoms with Crippen LogP contribution in [0.3, 0.4) is 0 Å². The minimum atomic E-state index is 0.236. The normalized spacial score (nSPS) is 23.5. The lowest BCUT2D eigenvalue weighted by Crippen LogP contribution is -2.36. The standard InChI is InChI=1S/C17H25N/c1-17(2,3)18-12-8-7-11-15-13-16(15)14-9-5-4-6-10-14/h4-7,9-11,15-16,18H,8,12-13H2,1-3H3/b11-7+. The van der Waals surface area contributed by atoms with E-state index < -0.39 is 0 Å². The number of rotatable bonds is 5. The average Bonchev–Trinajstić information content (AvgIpc) is 3.08. The van der Waals surface area contributed by atoms with Crippen LogP contribution in [-0.2, 0) is 0 Å². The Morgan fingerprint density at radius 1 is 1.22 bits per heavy atom. The Bertz CT molecular complexity index is 386. The van der Waals surface area contributed by atoms with E-state index in [-0.39, 0.29) is 5.54 Å². The SMILES string of the molecule is CC(C)(C)NCC/C=C/C1CC1c1ccccc1. The summed E-state index contributed by atoms with van der Waals surface area (Å²) in [6, 6.07) is 10.9. The van der Waals surface area contributed by atoms with Gasteiger partial charge in [0, 0.05) is 5.54 Å². The zero-order valence-electron chi connectivity index (χ0n) is 11.8. The second kappa shape index (κ2) is 5.71. The molecule has 1 saturated carbocycles. The molecule has 2 rings (SSSR count). The third kappa shape index (κ3) is 4.30. The Morgan fingerprint density at radius 2 is 1.94 bits per heavy atom. The van der Waals surface area contributed by atoms with Gasteiger partial charge in [-0.3, -0.25) is 0 Å². The molecule has 0 heterocycles. The Labute approximate surface area is 111 Å². The quantitative estimate of drug-likeness (QED) is 0.606. The van der Waals surface area contributed by atoms with Gasteiger partial charge in [0.25, 0.3) is 0 Å². The summed E-state index contributed by atoms with van der Waals surface area (Å²) >= 11 is 0. The van der Waals surface area contributed by atoms with E-state index in [1.807, 2.05) is 0 Å². The zero-order chi connectivity index (χ0) is 13.0. The van der Waals surface area contributed by atoms with Crippen LogP contribution in [0.5, 0.6) is 0 Å². The number of allylic oxidation sites excluding steroid dienone is 1. The van der Waals surface area contributed by atoms with Crippen LogP contribution >= 0.6 is 0 Å². The Hall–Kier alpha value is -1.08. The summed E-state index contributed by atoms with van der Waals surface area (Å²) < 4.78 is 0. The van der Waals surface area contributed by atoms with Crippen LogP contribution < -0.4 is 5.32 Å². The van der Waals surface area contributed by atoms with Gasteiger partial charge in [-0.05, 0) is 57.6 Å². The van der Waals surface area contributed by atoms with Gasteiger partial charge in [-0.1, -0.05) is 42.5 Å². The highest BCUT2D eigenvalue weighted by molar-refractivity contribution is 5.28. The summed E-state index contributed by atoms with van der Waals surface area (Å²) in [4.78, 5) is 0. The second-order valence-corrected chi connectivity index (χ2v) is 6.31. The molecule has 1 nitrogen and oxygen atoms in total. The molecule has 1 aliphatic carbocycles. The van der Waals surface area contributed by atoms with E-state index in [1.165, 1.54) is 12.0 Å². The predicted octanol–water partition coefficient (Wildman–Crippen LogP) is 4.12. The van der Waals surface area contributed by atoms with Crippen LogP contribution in [0.4, 0.5) is 0 Å². The maximum atomic E-state index is 3.51. The largest absolute Gasteiger partial charge is 0.312 e. The third-order valence-electron chi connectivity index (χ3n) is 3.42. The monoisotopic (exact) mass is 243 g/mol. The summed E-state index contributed by atoms with van der Waals surface area (Å²) in [5.41, 5.74) is 1.74. The van der Waals surface area contributed by atoms with E-state index in [4.69, 9.17) is 0 Å². The topological polar surface area (TPSA) is 12.0 Å².